The molecule has 0 fully saturated rings. The summed E-state index contributed by atoms with van der Waals surface area (Å²) in [6, 6.07) is 0. The Labute approximate surface area is 101 Å². The quantitative estimate of drug-likeness (QED) is 0.392. The Balaban J connectivity index is 0. The van der Waals surface area contributed by atoms with Gasteiger partial charge in [-0.1, -0.05) is 43.2 Å². The second-order valence-corrected chi connectivity index (χ2v) is 8.97. The van der Waals surface area contributed by atoms with Crippen LogP contribution in [0.3, 0.4) is 0 Å². The van der Waals surface area contributed by atoms with Crippen LogP contribution in [-0.2, 0) is 0 Å². The van der Waals surface area contributed by atoms with Crippen molar-refractivity contribution in [2.24, 2.45) is 0 Å². The van der Waals surface area contributed by atoms with Crippen LogP contribution in [-0.4, -0.2) is 35.2 Å². The van der Waals surface area contributed by atoms with Crippen molar-refractivity contribution < 1.29 is 0 Å². The molecule has 0 radical (unpaired) electrons. The summed E-state index contributed by atoms with van der Waals surface area (Å²) in [5.41, 5.74) is 0. The van der Waals surface area contributed by atoms with Gasteiger partial charge in [0.25, 0.3) is 0 Å². The molecule has 76 valence electrons. The average molecular weight is 281 g/mol. The maximum atomic E-state index is 2.11. The van der Waals surface area contributed by atoms with E-state index in [0.29, 0.717) is 0 Å². The highest BCUT2D eigenvalue weighted by atomic mass is 33.1. The molecule has 0 aromatic rings. The van der Waals surface area contributed by atoms with Crippen LogP contribution in [0.5, 0.6) is 0 Å². The Bertz CT molecular complexity index is 44.0. The molecule has 0 aromatic heterocycles. The lowest BCUT2D eigenvalue weighted by Crippen LogP contribution is -1.55. The zero-order chi connectivity index (χ0) is 9.66. The van der Waals surface area contributed by atoms with E-state index < -0.39 is 0 Å². The molecule has 0 bridgehead atoms. The lowest BCUT2D eigenvalue weighted by Gasteiger charge is -1.86. The van der Waals surface area contributed by atoms with E-state index in [4.69, 9.17) is 0 Å². The van der Waals surface area contributed by atoms with Crippen LogP contribution < -0.4 is 0 Å². The molecule has 12 heavy (non-hydrogen) atoms. The van der Waals surface area contributed by atoms with Crippen molar-refractivity contribution >= 4 is 66.7 Å². The van der Waals surface area contributed by atoms with Gasteiger partial charge in [-0.2, -0.15) is 23.5 Å². The lowest BCUT2D eigenvalue weighted by molar-refractivity contribution is 2.25. The molecule has 0 saturated carbocycles. The zero-order valence-electron chi connectivity index (χ0n) is 7.86. The Hall–Kier alpha value is 2.10. The molecule has 0 aliphatic carbocycles. The predicted molar refractivity (Wildman–Crippen MR) is 79.0 cm³/mol. The van der Waals surface area contributed by atoms with Gasteiger partial charge in [0.05, 0.1) is 0 Å². The highest BCUT2D eigenvalue weighted by Crippen LogP contribution is 2.20. The highest BCUT2D eigenvalue weighted by molar-refractivity contribution is 8.78. The third-order valence-corrected chi connectivity index (χ3v) is 6.84. The van der Waals surface area contributed by atoms with E-state index in [1.165, 1.54) is 10.2 Å². The fraction of sp³-hybridized carbons (Fsp3) is 1.00. The fourth-order valence-electron chi connectivity index (χ4n) is 0.192. The number of hydrogen-bond donors (Lipinski definition) is 0. The van der Waals surface area contributed by atoms with Crippen molar-refractivity contribution in [2.75, 3.05) is 35.2 Å². The SMILES string of the molecule is CSCSSC.CSCSSC. The minimum Gasteiger partial charge on any atom is -0.154 e. The van der Waals surface area contributed by atoms with Gasteiger partial charge in [-0.15, -0.1) is 0 Å². The number of thioether (sulfide) groups is 2. The Morgan fingerprint density at radius 1 is 0.667 bits per heavy atom. The highest BCUT2D eigenvalue weighted by Gasteiger charge is 1.76. The van der Waals surface area contributed by atoms with Gasteiger partial charge in [0.15, 0.2) is 0 Å². The molecule has 0 aliphatic heterocycles. The van der Waals surface area contributed by atoms with Crippen molar-refractivity contribution in [1.82, 2.24) is 0 Å². The molecule has 0 amide bonds. The van der Waals surface area contributed by atoms with Crippen LogP contribution in [0.1, 0.15) is 0 Å². The minimum atomic E-state index is 1.21. The summed E-state index contributed by atoms with van der Waals surface area (Å²) in [5, 5.41) is 2.42. The van der Waals surface area contributed by atoms with Crippen LogP contribution in [0.4, 0.5) is 0 Å². The van der Waals surface area contributed by atoms with Gasteiger partial charge in [-0.05, 0) is 25.0 Å². The normalized spacial score (nSPS) is 9.00. The molecule has 6 heteroatoms. The first-order valence-electron chi connectivity index (χ1n) is 3.12. The van der Waals surface area contributed by atoms with E-state index >= 15 is 0 Å². The van der Waals surface area contributed by atoms with Crippen molar-refractivity contribution in [2.45, 2.75) is 0 Å². The summed E-state index contributed by atoms with van der Waals surface area (Å²) >= 11 is 3.74. The molecule has 0 aromatic carbocycles. The molecule has 0 spiro atoms. The van der Waals surface area contributed by atoms with Crippen LogP contribution >= 0.6 is 66.7 Å². The third-order valence-electron chi connectivity index (χ3n) is 0.568. The molecule has 0 heterocycles. The second-order valence-electron chi connectivity index (χ2n) is 1.38. The van der Waals surface area contributed by atoms with E-state index in [1.54, 1.807) is 0 Å². The van der Waals surface area contributed by atoms with Crippen LogP contribution in [0, 0.1) is 0 Å². The molecule has 0 saturated heterocycles. The summed E-state index contributed by atoms with van der Waals surface area (Å²) in [7, 11) is 7.42. The average Bonchev–Trinajstić information content (AvgIpc) is 2.12. The third kappa shape index (κ3) is 22.7. The van der Waals surface area contributed by atoms with Gasteiger partial charge in [0, 0.05) is 10.2 Å². The van der Waals surface area contributed by atoms with Gasteiger partial charge in [-0.3, -0.25) is 0 Å². The van der Waals surface area contributed by atoms with E-state index in [0.717, 1.165) is 0 Å². The topological polar surface area (TPSA) is 0 Å². The van der Waals surface area contributed by atoms with Gasteiger partial charge >= 0.3 is 0 Å². The molecule has 0 rings (SSSR count). The first-order chi connectivity index (χ1) is 5.83. The summed E-state index contributed by atoms with van der Waals surface area (Å²) < 4.78 is 0. The van der Waals surface area contributed by atoms with E-state index in [2.05, 4.69) is 25.0 Å². The van der Waals surface area contributed by atoms with Crippen molar-refractivity contribution in [1.29, 1.82) is 0 Å². The smallest absolute Gasteiger partial charge is 0.0493 e. The largest absolute Gasteiger partial charge is 0.154 e. The minimum absolute atomic E-state index is 1.21. The van der Waals surface area contributed by atoms with Gasteiger partial charge < -0.3 is 0 Å². The van der Waals surface area contributed by atoms with Crippen molar-refractivity contribution in [3.63, 3.8) is 0 Å². The monoisotopic (exact) mass is 280 g/mol. The molecule has 0 atom stereocenters. The van der Waals surface area contributed by atoms with Gasteiger partial charge in [-0.25, -0.2) is 0 Å². The van der Waals surface area contributed by atoms with Gasteiger partial charge in [0.2, 0.25) is 0 Å². The first-order valence-corrected chi connectivity index (χ1v) is 11.4. The molecular weight excluding hydrogens is 264 g/mol. The lowest BCUT2D eigenvalue weighted by atomic mass is 11.9. The van der Waals surface area contributed by atoms with Crippen LogP contribution in [0.15, 0.2) is 0 Å². The zero-order valence-corrected chi connectivity index (χ0v) is 12.8. The summed E-state index contributed by atoms with van der Waals surface area (Å²) in [4.78, 5) is 0. The number of hydrogen-bond acceptors (Lipinski definition) is 6. The van der Waals surface area contributed by atoms with E-state index in [1.807, 2.05) is 66.7 Å². The molecule has 0 unspecified atom stereocenters. The second kappa shape index (κ2) is 18.8. The van der Waals surface area contributed by atoms with E-state index in [-0.39, 0.29) is 0 Å². The van der Waals surface area contributed by atoms with Crippen LogP contribution in [0.2, 0.25) is 0 Å². The Morgan fingerprint density at radius 3 is 1.08 bits per heavy atom. The van der Waals surface area contributed by atoms with Crippen molar-refractivity contribution in [3.05, 3.63) is 0 Å². The van der Waals surface area contributed by atoms with Crippen LogP contribution in [0.25, 0.3) is 0 Å². The Morgan fingerprint density at radius 2 is 1.00 bits per heavy atom. The Kier molecular flexibility index (Phi) is 25.9. The first kappa shape index (κ1) is 16.5. The maximum absolute atomic E-state index is 2.11. The molecule has 0 nitrogen and oxygen atoms in total. The molecular formula is C6H16S6. The fourth-order valence-corrected chi connectivity index (χ4v) is 5.20. The van der Waals surface area contributed by atoms with Gasteiger partial charge in [0.1, 0.15) is 0 Å². The summed E-state index contributed by atoms with van der Waals surface area (Å²) in [6.45, 7) is 0. The standard InChI is InChI=1S/2C3H8S3/c2*1-4-3-6-5-2/h2*3H2,1-2H3. The predicted octanol–water partition coefficient (Wildman–Crippen LogP) is 4.64. The van der Waals surface area contributed by atoms with E-state index in [9.17, 15) is 0 Å². The maximum Gasteiger partial charge on any atom is 0.0493 e. The van der Waals surface area contributed by atoms with Crippen molar-refractivity contribution in [3.8, 4) is 0 Å². The summed E-state index contributed by atoms with van der Waals surface area (Å²) in [5.74, 6) is 0. The molecule has 0 aliphatic rings. The molecule has 0 N–H and O–H groups in total. The summed E-state index contributed by atoms with van der Waals surface area (Å²) in [6.07, 6.45) is 8.42. The number of rotatable bonds is 6.